The zero-order chi connectivity index (χ0) is 14.0. The zero-order valence-corrected chi connectivity index (χ0v) is 11.5. The van der Waals surface area contributed by atoms with Crippen LogP contribution in [-0.2, 0) is 0 Å². The third kappa shape index (κ3) is 3.50. The molecule has 98 valence electrons. The Morgan fingerprint density at radius 3 is 2.47 bits per heavy atom. The minimum atomic E-state index is -1.12. The second-order valence-electron chi connectivity index (χ2n) is 3.50. The molecule has 0 aliphatic carbocycles. The van der Waals surface area contributed by atoms with Crippen LogP contribution in [0.25, 0.3) is 0 Å². The summed E-state index contributed by atoms with van der Waals surface area (Å²) in [7, 11) is 0. The molecule has 0 aliphatic rings. The number of hydrogen-bond donors (Lipinski definition) is 1. The van der Waals surface area contributed by atoms with Crippen molar-refractivity contribution >= 4 is 40.8 Å². The Kier molecular flexibility index (Phi) is 4.14. The number of aromatic nitrogens is 1. The van der Waals surface area contributed by atoms with Crippen molar-refractivity contribution in [2.45, 2.75) is 0 Å². The number of rotatable bonds is 3. The van der Waals surface area contributed by atoms with Crippen molar-refractivity contribution in [2.75, 3.05) is 0 Å². The molecule has 1 N–H and O–H groups in total. The Bertz CT molecular complexity index is 646. The normalized spacial score (nSPS) is 10.3. The van der Waals surface area contributed by atoms with E-state index in [9.17, 15) is 4.79 Å². The molecular formula is C12H6Cl3NO3. The molecule has 4 nitrogen and oxygen atoms in total. The summed E-state index contributed by atoms with van der Waals surface area (Å²) in [6.45, 7) is 0. The van der Waals surface area contributed by atoms with Crippen molar-refractivity contribution in [3.63, 3.8) is 0 Å². The number of pyridine rings is 1. The first kappa shape index (κ1) is 13.9. The van der Waals surface area contributed by atoms with Gasteiger partial charge in [0, 0.05) is 12.1 Å². The quantitative estimate of drug-likeness (QED) is 0.844. The Morgan fingerprint density at radius 1 is 1.11 bits per heavy atom. The lowest BCUT2D eigenvalue weighted by Crippen LogP contribution is -1.98. The van der Waals surface area contributed by atoms with Crippen LogP contribution in [0, 0.1) is 0 Å². The molecule has 1 aromatic heterocycles. The molecule has 1 heterocycles. The molecule has 0 bridgehead atoms. The van der Waals surface area contributed by atoms with Gasteiger partial charge in [0.15, 0.2) is 0 Å². The Balaban J connectivity index is 2.32. The standard InChI is InChI=1S/C12H6Cl3NO3/c13-8-2-1-7(5-9(8)14)19-11-4-6(12(17)18)3-10(15)16-11/h1-5H,(H,17,18). The average molecular weight is 319 g/mol. The Labute approximate surface area is 123 Å². The lowest BCUT2D eigenvalue weighted by Gasteiger charge is -2.07. The van der Waals surface area contributed by atoms with E-state index in [4.69, 9.17) is 44.6 Å². The van der Waals surface area contributed by atoms with Gasteiger partial charge in [-0.25, -0.2) is 9.78 Å². The van der Waals surface area contributed by atoms with E-state index in [0.717, 1.165) is 0 Å². The molecular weight excluding hydrogens is 312 g/mol. The molecule has 0 atom stereocenters. The second-order valence-corrected chi connectivity index (χ2v) is 4.70. The van der Waals surface area contributed by atoms with Crippen molar-refractivity contribution in [2.24, 2.45) is 0 Å². The van der Waals surface area contributed by atoms with Crippen LogP contribution in [0.1, 0.15) is 10.4 Å². The van der Waals surface area contributed by atoms with E-state index in [1.54, 1.807) is 12.1 Å². The monoisotopic (exact) mass is 317 g/mol. The van der Waals surface area contributed by atoms with Gasteiger partial charge in [-0.2, -0.15) is 0 Å². The third-order valence-corrected chi connectivity index (χ3v) is 3.06. The smallest absolute Gasteiger partial charge is 0.335 e. The molecule has 19 heavy (non-hydrogen) atoms. The fraction of sp³-hybridized carbons (Fsp3) is 0. The van der Waals surface area contributed by atoms with E-state index < -0.39 is 5.97 Å². The molecule has 2 rings (SSSR count). The fourth-order valence-electron chi connectivity index (χ4n) is 1.31. The number of carboxylic acid groups (broad SMARTS) is 1. The lowest BCUT2D eigenvalue weighted by molar-refractivity contribution is 0.0696. The van der Waals surface area contributed by atoms with Gasteiger partial charge < -0.3 is 9.84 Å². The van der Waals surface area contributed by atoms with Crippen molar-refractivity contribution in [1.29, 1.82) is 0 Å². The number of aromatic carboxylic acids is 1. The van der Waals surface area contributed by atoms with Gasteiger partial charge >= 0.3 is 5.97 Å². The molecule has 0 saturated carbocycles. The highest BCUT2D eigenvalue weighted by Crippen LogP contribution is 2.29. The number of hydrogen-bond acceptors (Lipinski definition) is 3. The number of nitrogens with zero attached hydrogens (tertiary/aromatic N) is 1. The zero-order valence-electron chi connectivity index (χ0n) is 9.23. The summed E-state index contributed by atoms with van der Waals surface area (Å²) in [5.74, 6) is -0.688. The van der Waals surface area contributed by atoms with E-state index in [2.05, 4.69) is 4.98 Å². The van der Waals surface area contributed by atoms with E-state index in [0.29, 0.717) is 15.8 Å². The summed E-state index contributed by atoms with van der Waals surface area (Å²) in [5.41, 5.74) is -0.0185. The van der Waals surface area contributed by atoms with Gasteiger partial charge in [0.1, 0.15) is 10.9 Å². The summed E-state index contributed by atoms with van der Waals surface area (Å²) in [4.78, 5) is 14.7. The van der Waals surface area contributed by atoms with E-state index in [-0.39, 0.29) is 16.6 Å². The van der Waals surface area contributed by atoms with Gasteiger partial charge in [-0.3, -0.25) is 0 Å². The van der Waals surface area contributed by atoms with Gasteiger partial charge in [-0.1, -0.05) is 34.8 Å². The summed E-state index contributed by atoms with van der Waals surface area (Å²) >= 11 is 17.3. The summed E-state index contributed by atoms with van der Waals surface area (Å²) < 4.78 is 5.38. The van der Waals surface area contributed by atoms with Gasteiger partial charge in [-0.05, 0) is 18.2 Å². The van der Waals surface area contributed by atoms with Crippen LogP contribution in [0.3, 0.4) is 0 Å². The molecule has 0 saturated heterocycles. The first-order chi connectivity index (χ1) is 8.95. The third-order valence-electron chi connectivity index (χ3n) is 2.13. The van der Waals surface area contributed by atoms with Crippen molar-refractivity contribution in [3.8, 4) is 11.6 Å². The van der Waals surface area contributed by atoms with Crippen LogP contribution in [0.2, 0.25) is 15.2 Å². The second kappa shape index (κ2) is 5.65. The van der Waals surface area contributed by atoms with Gasteiger partial charge in [0.2, 0.25) is 5.88 Å². The Morgan fingerprint density at radius 2 is 1.84 bits per heavy atom. The summed E-state index contributed by atoms with van der Waals surface area (Å²) in [5, 5.41) is 9.63. The molecule has 0 aliphatic heterocycles. The topological polar surface area (TPSA) is 59.4 Å². The molecule has 0 spiro atoms. The predicted octanol–water partition coefficient (Wildman–Crippen LogP) is 4.53. The van der Waals surface area contributed by atoms with Crippen LogP contribution >= 0.6 is 34.8 Å². The fourth-order valence-corrected chi connectivity index (χ4v) is 1.80. The first-order valence-electron chi connectivity index (χ1n) is 4.99. The number of carbonyl (C=O) groups is 1. The van der Waals surface area contributed by atoms with Gasteiger partial charge in [0.05, 0.1) is 15.6 Å². The molecule has 0 radical (unpaired) electrons. The number of halogens is 3. The molecule has 0 amide bonds. The van der Waals surface area contributed by atoms with Gasteiger partial charge in [0.25, 0.3) is 0 Å². The highest BCUT2D eigenvalue weighted by Gasteiger charge is 2.09. The van der Waals surface area contributed by atoms with Crippen molar-refractivity contribution in [1.82, 2.24) is 4.98 Å². The molecule has 0 unspecified atom stereocenters. The van der Waals surface area contributed by atoms with Crippen molar-refractivity contribution in [3.05, 3.63) is 51.1 Å². The highest BCUT2D eigenvalue weighted by molar-refractivity contribution is 6.42. The number of benzene rings is 1. The van der Waals surface area contributed by atoms with Crippen LogP contribution in [0.5, 0.6) is 11.6 Å². The molecule has 0 fully saturated rings. The van der Waals surface area contributed by atoms with Crippen LogP contribution in [-0.4, -0.2) is 16.1 Å². The maximum Gasteiger partial charge on any atom is 0.335 e. The molecule has 2 aromatic rings. The Hall–Kier alpha value is -1.49. The minimum absolute atomic E-state index is 0.0185. The minimum Gasteiger partial charge on any atom is -0.478 e. The number of ether oxygens (including phenoxy) is 1. The van der Waals surface area contributed by atoms with Crippen molar-refractivity contribution < 1.29 is 14.6 Å². The molecule has 1 aromatic carbocycles. The van der Waals surface area contributed by atoms with Crippen LogP contribution in [0.4, 0.5) is 0 Å². The largest absolute Gasteiger partial charge is 0.478 e. The van der Waals surface area contributed by atoms with Gasteiger partial charge in [-0.15, -0.1) is 0 Å². The number of carboxylic acids is 1. The maximum absolute atomic E-state index is 10.9. The van der Waals surface area contributed by atoms with Crippen LogP contribution < -0.4 is 4.74 Å². The lowest BCUT2D eigenvalue weighted by atomic mass is 10.3. The maximum atomic E-state index is 10.9. The SMILES string of the molecule is O=C(O)c1cc(Cl)nc(Oc2ccc(Cl)c(Cl)c2)c1. The first-order valence-corrected chi connectivity index (χ1v) is 6.13. The highest BCUT2D eigenvalue weighted by atomic mass is 35.5. The van der Waals surface area contributed by atoms with Crippen LogP contribution in [0.15, 0.2) is 30.3 Å². The van der Waals surface area contributed by atoms with E-state index in [1.807, 2.05) is 0 Å². The summed E-state index contributed by atoms with van der Waals surface area (Å²) in [6, 6.07) is 7.12. The average Bonchev–Trinajstić information content (AvgIpc) is 2.33. The van der Waals surface area contributed by atoms with E-state index >= 15 is 0 Å². The predicted molar refractivity (Wildman–Crippen MR) is 72.7 cm³/mol. The molecule has 7 heteroatoms. The van der Waals surface area contributed by atoms with E-state index in [1.165, 1.54) is 18.2 Å². The summed E-state index contributed by atoms with van der Waals surface area (Å²) in [6.07, 6.45) is 0.